The average Bonchev–Trinajstić information content (AvgIpc) is 2.40. The number of amides is 1. The summed E-state index contributed by atoms with van der Waals surface area (Å²) in [5.74, 6) is -0.240. The second-order valence-corrected chi connectivity index (χ2v) is 6.51. The van der Waals surface area contributed by atoms with Crippen molar-refractivity contribution in [2.75, 3.05) is 18.8 Å². The second-order valence-electron chi connectivity index (χ2n) is 6.10. The molecule has 1 heterocycles. The predicted octanol–water partition coefficient (Wildman–Crippen LogP) is 3.09. The molecule has 1 amide bonds. The molecule has 0 aromatic heterocycles. The van der Waals surface area contributed by atoms with Crippen LogP contribution in [-0.4, -0.2) is 28.8 Å². The lowest BCUT2D eigenvalue weighted by Gasteiger charge is -2.36. The summed E-state index contributed by atoms with van der Waals surface area (Å²) >= 11 is 5.89. The van der Waals surface area contributed by atoms with Gasteiger partial charge in [0, 0.05) is 24.7 Å². The molecule has 1 aliphatic heterocycles. The zero-order chi connectivity index (χ0) is 15.8. The molecule has 2 rings (SSSR count). The molecule has 0 radical (unpaired) electrons. The van der Waals surface area contributed by atoms with Crippen LogP contribution < -0.4 is 5.73 Å². The maximum Gasteiger partial charge on any atom is 0.294 e. The summed E-state index contributed by atoms with van der Waals surface area (Å²) < 4.78 is 0. The van der Waals surface area contributed by atoms with Crippen LogP contribution in [0.4, 0.5) is 11.4 Å². The largest absolute Gasteiger partial charge is 0.392 e. The maximum absolute atomic E-state index is 12.5. The third-order valence-electron chi connectivity index (χ3n) is 3.96. The topological polar surface area (TPSA) is 89.5 Å². The minimum absolute atomic E-state index is 0.0323. The summed E-state index contributed by atoms with van der Waals surface area (Å²) in [6.07, 6.45) is 1.81. The summed E-state index contributed by atoms with van der Waals surface area (Å²) in [5.41, 5.74) is 5.56. The Bertz CT molecular complexity index is 591. The number of nitro groups is 1. The van der Waals surface area contributed by atoms with E-state index in [0.29, 0.717) is 13.1 Å². The van der Waals surface area contributed by atoms with E-state index in [-0.39, 0.29) is 33.3 Å². The average molecular weight is 312 g/mol. The number of rotatable bonds is 2. The van der Waals surface area contributed by atoms with Crippen LogP contribution in [0, 0.1) is 15.5 Å². The summed E-state index contributed by atoms with van der Waals surface area (Å²) in [6, 6.07) is 2.59. The molecule has 1 fully saturated rings. The summed E-state index contributed by atoms with van der Waals surface area (Å²) in [6.45, 7) is 5.61. The van der Waals surface area contributed by atoms with Crippen molar-refractivity contribution in [2.45, 2.75) is 26.7 Å². The van der Waals surface area contributed by atoms with Gasteiger partial charge in [-0.15, -0.1) is 0 Å². The van der Waals surface area contributed by atoms with Gasteiger partial charge in [-0.2, -0.15) is 0 Å². The van der Waals surface area contributed by atoms with Crippen molar-refractivity contribution < 1.29 is 9.72 Å². The van der Waals surface area contributed by atoms with Gasteiger partial charge in [-0.25, -0.2) is 0 Å². The van der Waals surface area contributed by atoms with E-state index in [1.807, 2.05) is 0 Å². The van der Waals surface area contributed by atoms with Crippen LogP contribution in [0.25, 0.3) is 0 Å². The van der Waals surface area contributed by atoms with Crippen LogP contribution in [0.3, 0.4) is 0 Å². The summed E-state index contributed by atoms with van der Waals surface area (Å²) in [7, 11) is 0. The van der Waals surface area contributed by atoms with Crippen molar-refractivity contribution in [2.24, 2.45) is 5.41 Å². The maximum atomic E-state index is 12.5. The zero-order valence-electron chi connectivity index (χ0n) is 12.1. The Hall–Kier alpha value is -1.82. The van der Waals surface area contributed by atoms with E-state index in [2.05, 4.69) is 13.8 Å². The summed E-state index contributed by atoms with van der Waals surface area (Å²) in [5, 5.41) is 11.0. The van der Waals surface area contributed by atoms with Crippen molar-refractivity contribution in [1.82, 2.24) is 4.90 Å². The number of piperidine rings is 1. The summed E-state index contributed by atoms with van der Waals surface area (Å²) in [4.78, 5) is 24.5. The van der Waals surface area contributed by atoms with E-state index in [9.17, 15) is 14.9 Å². The fourth-order valence-electron chi connectivity index (χ4n) is 2.38. The van der Waals surface area contributed by atoms with Crippen molar-refractivity contribution in [3.05, 3.63) is 32.8 Å². The first-order chi connectivity index (χ1) is 9.71. The lowest BCUT2D eigenvalue weighted by atomic mass is 9.82. The number of hydrogen-bond acceptors (Lipinski definition) is 4. The Morgan fingerprint density at radius 1 is 1.38 bits per heavy atom. The normalized spacial score (nSPS) is 17.6. The number of nitrogens with two attached hydrogens (primary N) is 1. The van der Waals surface area contributed by atoms with Crippen LogP contribution >= 0.6 is 11.6 Å². The fourth-order valence-corrected chi connectivity index (χ4v) is 2.59. The SMILES string of the molecule is CC1(C)CCN(C(=O)c2cc(Cl)c(N)c([N+](=O)[O-])c2)CC1. The first-order valence-corrected chi connectivity index (χ1v) is 7.12. The number of benzene rings is 1. The van der Waals surface area contributed by atoms with Gasteiger partial charge in [-0.3, -0.25) is 14.9 Å². The minimum atomic E-state index is -0.628. The van der Waals surface area contributed by atoms with Crippen LogP contribution in [0.2, 0.25) is 5.02 Å². The molecule has 1 saturated heterocycles. The van der Waals surface area contributed by atoms with Gasteiger partial charge < -0.3 is 10.6 Å². The van der Waals surface area contributed by atoms with Gasteiger partial charge in [0.25, 0.3) is 11.6 Å². The molecule has 0 saturated carbocycles. The van der Waals surface area contributed by atoms with E-state index in [1.165, 1.54) is 12.1 Å². The van der Waals surface area contributed by atoms with Gasteiger partial charge >= 0.3 is 0 Å². The van der Waals surface area contributed by atoms with Gasteiger partial charge in [-0.1, -0.05) is 25.4 Å². The third-order valence-corrected chi connectivity index (χ3v) is 4.27. The molecule has 0 atom stereocenters. The van der Waals surface area contributed by atoms with E-state index in [0.717, 1.165) is 12.8 Å². The molecule has 6 nitrogen and oxygen atoms in total. The molecule has 2 N–H and O–H groups in total. The second kappa shape index (κ2) is 5.52. The van der Waals surface area contributed by atoms with Crippen LogP contribution in [0.15, 0.2) is 12.1 Å². The Labute approximate surface area is 128 Å². The highest BCUT2D eigenvalue weighted by Gasteiger charge is 2.29. The van der Waals surface area contributed by atoms with E-state index in [4.69, 9.17) is 17.3 Å². The number of nitrogens with zero attached hydrogens (tertiary/aromatic N) is 2. The standard InChI is InChI=1S/C14H18ClN3O3/c1-14(2)3-5-17(6-4-14)13(19)9-7-10(15)12(16)11(8-9)18(20)21/h7-8H,3-6,16H2,1-2H3. The fraction of sp³-hybridized carbons (Fsp3) is 0.500. The van der Waals surface area contributed by atoms with Gasteiger partial charge in [0.1, 0.15) is 5.69 Å². The van der Waals surface area contributed by atoms with E-state index in [1.54, 1.807) is 4.90 Å². The van der Waals surface area contributed by atoms with Gasteiger partial charge in [-0.05, 0) is 24.3 Å². The molecular formula is C14H18ClN3O3. The van der Waals surface area contributed by atoms with Crippen molar-refractivity contribution in [3.63, 3.8) is 0 Å². The highest BCUT2D eigenvalue weighted by Crippen LogP contribution is 2.33. The van der Waals surface area contributed by atoms with Crippen molar-refractivity contribution in [3.8, 4) is 0 Å². The molecule has 114 valence electrons. The predicted molar refractivity (Wildman–Crippen MR) is 81.4 cm³/mol. The van der Waals surface area contributed by atoms with Crippen LogP contribution in [0.5, 0.6) is 0 Å². The Kier molecular flexibility index (Phi) is 4.09. The lowest BCUT2D eigenvalue weighted by molar-refractivity contribution is -0.383. The van der Waals surface area contributed by atoms with Gasteiger partial charge in [0.2, 0.25) is 0 Å². The molecule has 0 spiro atoms. The number of likely N-dealkylation sites (tertiary alicyclic amines) is 1. The lowest BCUT2D eigenvalue weighted by Crippen LogP contribution is -2.41. The number of anilines is 1. The number of nitro benzene ring substituents is 1. The number of hydrogen-bond donors (Lipinski definition) is 1. The Morgan fingerprint density at radius 3 is 2.48 bits per heavy atom. The highest BCUT2D eigenvalue weighted by atomic mass is 35.5. The van der Waals surface area contributed by atoms with E-state index >= 15 is 0 Å². The molecular weight excluding hydrogens is 294 g/mol. The number of carbonyl (C=O) groups is 1. The number of carbonyl (C=O) groups excluding carboxylic acids is 1. The zero-order valence-corrected chi connectivity index (χ0v) is 12.8. The first kappa shape index (κ1) is 15.6. The van der Waals surface area contributed by atoms with Crippen molar-refractivity contribution >= 4 is 28.9 Å². The molecule has 0 aliphatic carbocycles. The van der Waals surface area contributed by atoms with E-state index < -0.39 is 4.92 Å². The van der Waals surface area contributed by atoms with Crippen LogP contribution in [0.1, 0.15) is 37.0 Å². The third kappa shape index (κ3) is 3.26. The number of halogens is 1. The monoisotopic (exact) mass is 311 g/mol. The Balaban J connectivity index is 2.26. The van der Waals surface area contributed by atoms with Crippen molar-refractivity contribution in [1.29, 1.82) is 0 Å². The number of nitrogen functional groups attached to an aromatic ring is 1. The molecule has 0 unspecified atom stereocenters. The molecule has 1 aromatic rings. The van der Waals surface area contributed by atoms with Gasteiger partial charge in [0.15, 0.2) is 0 Å². The highest BCUT2D eigenvalue weighted by molar-refractivity contribution is 6.34. The van der Waals surface area contributed by atoms with Gasteiger partial charge in [0.05, 0.1) is 9.95 Å². The smallest absolute Gasteiger partial charge is 0.294 e. The molecule has 0 bridgehead atoms. The Morgan fingerprint density at radius 2 is 1.95 bits per heavy atom. The molecule has 1 aliphatic rings. The first-order valence-electron chi connectivity index (χ1n) is 6.74. The quantitative estimate of drug-likeness (QED) is 0.516. The molecule has 1 aromatic carbocycles. The molecule has 21 heavy (non-hydrogen) atoms. The van der Waals surface area contributed by atoms with Crippen LogP contribution in [-0.2, 0) is 0 Å². The molecule has 7 heteroatoms. The minimum Gasteiger partial charge on any atom is -0.392 e.